The molecule has 158 valence electrons. The lowest BCUT2D eigenvalue weighted by atomic mass is 10.0. The maximum absolute atomic E-state index is 10.3. The second kappa shape index (κ2) is 10.1. The Kier molecular flexibility index (Phi) is 7.53. The highest BCUT2D eigenvalue weighted by molar-refractivity contribution is 5.43. The van der Waals surface area contributed by atoms with Crippen LogP contribution in [0.1, 0.15) is 37.8 Å². The Morgan fingerprint density at radius 2 is 1.79 bits per heavy atom. The number of likely N-dealkylation sites (N-methyl/N-ethyl adjacent to an activating group) is 1. The zero-order chi connectivity index (χ0) is 20.7. The van der Waals surface area contributed by atoms with Gasteiger partial charge in [0.25, 0.3) is 0 Å². The zero-order valence-corrected chi connectivity index (χ0v) is 17.9. The van der Waals surface area contributed by atoms with Gasteiger partial charge in [0.1, 0.15) is 12.7 Å². The number of aliphatic hydroxyl groups is 1. The Bertz CT molecular complexity index is 758. The minimum atomic E-state index is -0.533. The quantitative estimate of drug-likeness (QED) is 0.573. The highest BCUT2D eigenvalue weighted by Crippen LogP contribution is 2.45. The molecule has 1 aliphatic rings. The zero-order valence-electron chi connectivity index (χ0n) is 17.9. The third kappa shape index (κ3) is 5.72. The largest absolute Gasteiger partial charge is 0.493 e. The van der Waals surface area contributed by atoms with Gasteiger partial charge in [-0.2, -0.15) is 0 Å². The van der Waals surface area contributed by atoms with Crippen LogP contribution in [0.4, 0.5) is 0 Å². The molecule has 3 rings (SSSR count). The number of benzene rings is 2. The number of ether oxygens (including phenoxy) is 2. The van der Waals surface area contributed by atoms with Crippen LogP contribution in [-0.2, 0) is 12.1 Å². The topological polar surface area (TPSA) is 54.0 Å². The third-order valence-corrected chi connectivity index (χ3v) is 5.73. The van der Waals surface area contributed by atoms with E-state index >= 15 is 0 Å². The van der Waals surface area contributed by atoms with E-state index in [0.29, 0.717) is 18.0 Å². The molecule has 0 aliphatic heterocycles. The Morgan fingerprint density at radius 3 is 2.41 bits per heavy atom. The van der Waals surface area contributed by atoms with Gasteiger partial charge < -0.3 is 24.8 Å². The molecule has 0 amide bonds. The Balaban J connectivity index is 1.60. The fraction of sp³-hybridized carbons (Fsp3) is 0.500. The van der Waals surface area contributed by atoms with Crippen LogP contribution >= 0.6 is 0 Å². The molecule has 0 saturated heterocycles. The van der Waals surface area contributed by atoms with E-state index in [1.807, 2.05) is 12.1 Å². The predicted molar refractivity (Wildman–Crippen MR) is 116 cm³/mol. The lowest BCUT2D eigenvalue weighted by Crippen LogP contribution is -2.35. The van der Waals surface area contributed by atoms with E-state index < -0.39 is 6.10 Å². The highest BCUT2D eigenvalue weighted by Gasteiger charge is 2.43. The molecule has 1 fully saturated rings. The van der Waals surface area contributed by atoms with Gasteiger partial charge in [-0.1, -0.05) is 50.2 Å². The number of rotatable bonds is 12. The van der Waals surface area contributed by atoms with Crippen molar-refractivity contribution in [3.05, 3.63) is 59.7 Å². The summed E-state index contributed by atoms with van der Waals surface area (Å²) in [6.07, 6.45) is 1.79. The summed E-state index contributed by atoms with van der Waals surface area (Å²) in [4.78, 5) is 2.18. The van der Waals surface area contributed by atoms with Gasteiger partial charge in [-0.25, -0.2) is 0 Å². The van der Waals surface area contributed by atoms with Crippen LogP contribution < -0.4 is 14.8 Å². The summed E-state index contributed by atoms with van der Waals surface area (Å²) in [5.74, 6) is 1.36. The molecule has 2 aromatic rings. The molecule has 0 unspecified atom stereocenters. The van der Waals surface area contributed by atoms with E-state index in [4.69, 9.17) is 9.47 Å². The molecule has 0 radical (unpaired) electrons. The van der Waals surface area contributed by atoms with E-state index in [0.717, 1.165) is 38.0 Å². The third-order valence-electron chi connectivity index (χ3n) is 5.73. The average Bonchev–Trinajstić information content (AvgIpc) is 3.56. The van der Waals surface area contributed by atoms with Gasteiger partial charge in [0.2, 0.25) is 0 Å². The van der Waals surface area contributed by atoms with Crippen LogP contribution in [-0.4, -0.2) is 49.5 Å². The van der Waals surface area contributed by atoms with Crippen molar-refractivity contribution in [3.8, 4) is 11.5 Å². The number of hydrogen-bond acceptors (Lipinski definition) is 5. The summed E-state index contributed by atoms with van der Waals surface area (Å²) >= 11 is 0. The summed E-state index contributed by atoms with van der Waals surface area (Å²) in [5.41, 5.74) is 2.59. The molecular weight excluding hydrogens is 364 g/mol. The maximum Gasteiger partial charge on any atom is 0.161 e. The maximum atomic E-state index is 10.3. The van der Waals surface area contributed by atoms with Gasteiger partial charge in [-0.3, -0.25) is 0 Å². The molecule has 0 spiro atoms. The van der Waals surface area contributed by atoms with E-state index in [2.05, 4.69) is 60.5 Å². The van der Waals surface area contributed by atoms with Crippen molar-refractivity contribution in [2.75, 3.05) is 33.4 Å². The van der Waals surface area contributed by atoms with Gasteiger partial charge in [0.05, 0.1) is 7.11 Å². The first-order chi connectivity index (χ1) is 14.1. The Morgan fingerprint density at radius 1 is 1.07 bits per heavy atom. The van der Waals surface area contributed by atoms with Crippen molar-refractivity contribution >= 4 is 0 Å². The van der Waals surface area contributed by atoms with E-state index in [-0.39, 0.29) is 12.1 Å². The minimum Gasteiger partial charge on any atom is -0.493 e. The van der Waals surface area contributed by atoms with Gasteiger partial charge in [-0.15, -0.1) is 0 Å². The highest BCUT2D eigenvalue weighted by atomic mass is 16.5. The molecule has 29 heavy (non-hydrogen) atoms. The van der Waals surface area contributed by atoms with E-state index in [1.165, 1.54) is 5.56 Å². The van der Waals surface area contributed by atoms with E-state index in [1.54, 1.807) is 7.11 Å². The smallest absolute Gasteiger partial charge is 0.161 e. The lowest BCUT2D eigenvalue weighted by Gasteiger charge is -2.22. The first kappa shape index (κ1) is 21.6. The van der Waals surface area contributed by atoms with Crippen LogP contribution in [0.5, 0.6) is 11.5 Å². The monoisotopic (exact) mass is 398 g/mol. The van der Waals surface area contributed by atoms with Crippen molar-refractivity contribution in [2.24, 2.45) is 0 Å². The first-order valence-electron chi connectivity index (χ1n) is 10.6. The number of hydrogen-bond donors (Lipinski definition) is 2. The van der Waals surface area contributed by atoms with Gasteiger partial charge in [0, 0.05) is 18.6 Å². The first-order valence-corrected chi connectivity index (χ1v) is 10.6. The van der Waals surface area contributed by atoms with Crippen molar-refractivity contribution in [2.45, 2.75) is 44.9 Å². The summed E-state index contributed by atoms with van der Waals surface area (Å²) in [7, 11) is 1.64. The van der Waals surface area contributed by atoms with Crippen molar-refractivity contribution < 1.29 is 14.6 Å². The predicted octanol–water partition coefficient (Wildman–Crippen LogP) is 3.56. The van der Waals surface area contributed by atoms with Gasteiger partial charge >= 0.3 is 0 Å². The summed E-state index contributed by atoms with van der Waals surface area (Å²) in [6.45, 7) is 7.64. The fourth-order valence-electron chi connectivity index (χ4n) is 3.68. The molecule has 1 atom stereocenters. The lowest BCUT2D eigenvalue weighted by molar-refractivity contribution is 0.0705. The summed E-state index contributed by atoms with van der Waals surface area (Å²) in [6, 6.07) is 16.6. The molecule has 2 aromatic carbocycles. The fourth-order valence-corrected chi connectivity index (χ4v) is 3.68. The molecule has 1 saturated carbocycles. The number of aliphatic hydroxyl groups excluding tert-OH is 1. The Labute approximate surface area is 174 Å². The van der Waals surface area contributed by atoms with Crippen molar-refractivity contribution in [3.63, 3.8) is 0 Å². The molecule has 0 aromatic heterocycles. The number of methoxy groups -OCH3 is 1. The standard InChI is InChI=1S/C24H34N2O3/c1-4-26(5-2)17-21(27)18-29-23-15-19(11-12-22(23)28-3)16-25-24(13-14-24)20-9-7-6-8-10-20/h6-12,15,21,25,27H,4-5,13-14,16-18H2,1-3H3/t21-/m0/s1. The molecule has 1 aliphatic carbocycles. The van der Waals surface area contributed by atoms with E-state index in [9.17, 15) is 5.11 Å². The van der Waals surface area contributed by atoms with Crippen molar-refractivity contribution in [1.82, 2.24) is 10.2 Å². The van der Waals surface area contributed by atoms with Crippen molar-refractivity contribution in [1.29, 1.82) is 0 Å². The van der Waals surface area contributed by atoms with Crippen LogP contribution in [0.25, 0.3) is 0 Å². The van der Waals surface area contributed by atoms with Crippen LogP contribution in [0.15, 0.2) is 48.5 Å². The SMILES string of the molecule is CCN(CC)C[C@H](O)COc1cc(CNC2(c3ccccc3)CC2)ccc1OC. The van der Waals surface area contributed by atoms with Gasteiger partial charge in [0.15, 0.2) is 11.5 Å². The van der Waals surface area contributed by atoms with Gasteiger partial charge in [-0.05, 0) is 49.2 Å². The molecule has 5 heteroatoms. The second-order valence-corrected chi connectivity index (χ2v) is 7.74. The normalized spacial score (nSPS) is 15.9. The molecule has 5 nitrogen and oxygen atoms in total. The van der Waals surface area contributed by atoms with Crippen LogP contribution in [0, 0.1) is 0 Å². The molecular formula is C24H34N2O3. The summed E-state index contributed by atoms with van der Waals surface area (Å²) in [5, 5.41) is 14.0. The number of nitrogens with zero attached hydrogens (tertiary/aromatic N) is 1. The van der Waals surface area contributed by atoms with Crippen LogP contribution in [0.3, 0.4) is 0 Å². The number of nitrogens with one attached hydrogen (secondary N) is 1. The average molecular weight is 399 g/mol. The molecule has 2 N–H and O–H groups in total. The minimum absolute atomic E-state index is 0.0994. The van der Waals surface area contributed by atoms with Crippen LogP contribution in [0.2, 0.25) is 0 Å². The summed E-state index contributed by atoms with van der Waals surface area (Å²) < 4.78 is 11.4. The Hall–Kier alpha value is -2.08. The molecule has 0 heterocycles. The molecule has 0 bridgehead atoms. The second-order valence-electron chi connectivity index (χ2n) is 7.74.